The van der Waals surface area contributed by atoms with E-state index < -0.39 is 11.8 Å². The number of nitrogens with zero attached hydrogens (tertiary/aromatic N) is 3. The molecule has 124 valence electrons. The lowest BCUT2D eigenvalue weighted by Crippen LogP contribution is -2.33. The molecule has 2 aliphatic heterocycles. The second kappa shape index (κ2) is 5.84. The van der Waals surface area contributed by atoms with E-state index in [0.29, 0.717) is 43.4 Å². The van der Waals surface area contributed by atoms with Crippen molar-refractivity contribution in [2.75, 3.05) is 30.0 Å². The first-order chi connectivity index (χ1) is 11.7. The van der Waals surface area contributed by atoms with Crippen LogP contribution >= 0.6 is 0 Å². The molecule has 1 aromatic heterocycles. The monoisotopic (exact) mass is 329 g/mol. The molecule has 9 nitrogen and oxygen atoms in total. The van der Waals surface area contributed by atoms with E-state index in [1.54, 1.807) is 23.1 Å². The van der Waals surface area contributed by atoms with Gasteiger partial charge in [0.1, 0.15) is 25.5 Å². The number of amides is 2. The zero-order valence-electron chi connectivity index (χ0n) is 12.7. The van der Waals surface area contributed by atoms with Crippen LogP contribution in [0.15, 0.2) is 24.5 Å². The summed E-state index contributed by atoms with van der Waals surface area (Å²) in [5.41, 5.74) is 0.694. The summed E-state index contributed by atoms with van der Waals surface area (Å²) in [5.74, 6) is 0.117. The minimum absolute atomic E-state index is 0.227. The fraction of sp³-hybridized carbons (Fsp3) is 0.333. The Bertz CT molecular complexity index is 776. The van der Waals surface area contributed by atoms with Crippen molar-refractivity contribution < 1.29 is 19.1 Å². The zero-order valence-corrected chi connectivity index (χ0v) is 12.7. The van der Waals surface area contributed by atoms with Gasteiger partial charge in [0.25, 0.3) is 0 Å². The number of rotatable bonds is 3. The Morgan fingerprint density at radius 2 is 2.12 bits per heavy atom. The molecule has 2 aliphatic rings. The van der Waals surface area contributed by atoms with Crippen molar-refractivity contribution in [1.29, 1.82) is 0 Å². The number of benzene rings is 1. The minimum atomic E-state index is -0.747. The SMILES string of the molecule is O=C(Nc1ncn[nH]1)[C@H]1CCN(c2ccc3c(c2)OCCO3)C1=O. The largest absolute Gasteiger partial charge is 0.486 e. The predicted molar refractivity (Wildman–Crippen MR) is 82.9 cm³/mol. The summed E-state index contributed by atoms with van der Waals surface area (Å²) in [4.78, 5) is 30.2. The van der Waals surface area contributed by atoms with Gasteiger partial charge in [0.05, 0.1) is 0 Å². The van der Waals surface area contributed by atoms with Crippen LogP contribution in [0, 0.1) is 5.92 Å². The van der Waals surface area contributed by atoms with E-state index >= 15 is 0 Å². The Kier molecular flexibility index (Phi) is 3.52. The summed E-state index contributed by atoms with van der Waals surface area (Å²) in [6.45, 7) is 1.46. The van der Waals surface area contributed by atoms with Crippen molar-refractivity contribution >= 4 is 23.5 Å². The van der Waals surface area contributed by atoms with Crippen LogP contribution in [-0.4, -0.2) is 46.8 Å². The van der Waals surface area contributed by atoms with Gasteiger partial charge >= 0.3 is 0 Å². The van der Waals surface area contributed by atoms with Gasteiger partial charge in [-0.2, -0.15) is 10.1 Å². The van der Waals surface area contributed by atoms with Crippen LogP contribution < -0.4 is 19.7 Å². The summed E-state index contributed by atoms with van der Waals surface area (Å²) in [7, 11) is 0. The third-order valence-corrected chi connectivity index (χ3v) is 4.02. The summed E-state index contributed by atoms with van der Waals surface area (Å²) in [6, 6.07) is 5.34. The van der Waals surface area contributed by atoms with Gasteiger partial charge in [0.2, 0.25) is 17.8 Å². The quantitative estimate of drug-likeness (QED) is 0.797. The first kappa shape index (κ1) is 14.5. The molecule has 24 heavy (non-hydrogen) atoms. The molecule has 9 heteroatoms. The maximum atomic E-state index is 12.6. The number of ether oxygens (including phenoxy) is 2. The van der Waals surface area contributed by atoms with Gasteiger partial charge in [-0.15, -0.1) is 0 Å². The number of carbonyl (C=O) groups is 2. The first-order valence-electron chi connectivity index (χ1n) is 7.59. The Morgan fingerprint density at radius 1 is 1.29 bits per heavy atom. The van der Waals surface area contributed by atoms with Crippen molar-refractivity contribution in [1.82, 2.24) is 15.2 Å². The van der Waals surface area contributed by atoms with Crippen molar-refractivity contribution in [3.8, 4) is 11.5 Å². The van der Waals surface area contributed by atoms with Crippen molar-refractivity contribution in [2.24, 2.45) is 5.92 Å². The lowest BCUT2D eigenvalue weighted by Gasteiger charge is -2.22. The number of aromatic amines is 1. The molecule has 0 radical (unpaired) electrons. The number of carbonyl (C=O) groups excluding carboxylic acids is 2. The highest BCUT2D eigenvalue weighted by Gasteiger charge is 2.38. The topological polar surface area (TPSA) is 109 Å². The van der Waals surface area contributed by atoms with E-state index in [0.717, 1.165) is 0 Å². The van der Waals surface area contributed by atoms with Crippen LogP contribution in [0.3, 0.4) is 0 Å². The molecule has 0 unspecified atom stereocenters. The van der Waals surface area contributed by atoms with Crippen LogP contribution in [-0.2, 0) is 9.59 Å². The lowest BCUT2D eigenvalue weighted by atomic mass is 10.1. The minimum Gasteiger partial charge on any atom is -0.486 e. The van der Waals surface area contributed by atoms with Crippen LogP contribution in [0.2, 0.25) is 0 Å². The predicted octanol–water partition coefficient (Wildman–Crippen LogP) is 0.567. The molecule has 4 rings (SSSR count). The molecule has 0 bridgehead atoms. The second-order valence-corrected chi connectivity index (χ2v) is 5.48. The highest BCUT2D eigenvalue weighted by Crippen LogP contribution is 2.36. The van der Waals surface area contributed by atoms with Crippen LogP contribution in [0.5, 0.6) is 11.5 Å². The summed E-state index contributed by atoms with van der Waals surface area (Å²) in [5, 5.41) is 8.74. The molecule has 1 aromatic carbocycles. The summed E-state index contributed by atoms with van der Waals surface area (Å²) >= 11 is 0. The van der Waals surface area contributed by atoms with Crippen LogP contribution in [0.4, 0.5) is 11.6 Å². The number of aromatic nitrogens is 3. The normalized spacial score (nSPS) is 19.4. The van der Waals surface area contributed by atoms with Gasteiger partial charge in [-0.3, -0.25) is 14.9 Å². The lowest BCUT2D eigenvalue weighted by molar-refractivity contribution is -0.129. The highest BCUT2D eigenvalue weighted by atomic mass is 16.6. The smallest absolute Gasteiger partial charge is 0.239 e. The molecule has 0 aliphatic carbocycles. The number of anilines is 2. The third-order valence-electron chi connectivity index (χ3n) is 4.02. The molecule has 3 heterocycles. The molecule has 1 atom stereocenters. The van der Waals surface area contributed by atoms with Crippen molar-refractivity contribution in [3.05, 3.63) is 24.5 Å². The Balaban J connectivity index is 1.50. The van der Waals surface area contributed by atoms with E-state index in [1.807, 2.05) is 0 Å². The molecular formula is C15H15N5O4. The van der Waals surface area contributed by atoms with Gasteiger partial charge < -0.3 is 14.4 Å². The summed E-state index contributed by atoms with van der Waals surface area (Å²) in [6.07, 6.45) is 1.72. The van der Waals surface area contributed by atoms with Gasteiger partial charge in [-0.25, -0.2) is 5.10 Å². The molecule has 0 spiro atoms. The summed E-state index contributed by atoms with van der Waals surface area (Å²) < 4.78 is 11.0. The average molecular weight is 329 g/mol. The molecule has 0 saturated carbocycles. The molecule has 2 amide bonds. The average Bonchev–Trinajstić information content (AvgIpc) is 3.24. The maximum absolute atomic E-state index is 12.6. The van der Waals surface area contributed by atoms with E-state index in [1.165, 1.54) is 6.33 Å². The Morgan fingerprint density at radius 3 is 2.92 bits per heavy atom. The van der Waals surface area contributed by atoms with Crippen LogP contribution in [0.1, 0.15) is 6.42 Å². The van der Waals surface area contributed by atoms with Gasteiger partial charge in [-0.05, 0) is 18.6 Å². The zero-order chi connectivity index (χ0) is 16.5. The Hall–Kier alpha value is -3.10. The van der Waals surface area contributed by atoms with Gasteiger partial charge in [-0.1, -0.05) is 0 Å². The maximum Gasteiger partial charge on any atom is 0.239 e. The van der Waals surface area contributed by atoms with Crippen molar-refractivity contribution in [2.45, 2.75) is 6.42 Å². The number of H-pyrrole nitrogens is 1. The standard InChI is InChI=1S/C15H15N5O4/c21-13(18-15-16-8-17-19-15)10-3-4-20(14(10)22)9-1-2-11-12(7-9)24-6-5-23-11/h1-2,7-8,10H,3-6H2,(H2,16,17,18,19,21)/t10-/m1/s1. The second-order valence-electron chi connectivity index (χ2n) is 5.48. The highest BCUT2D eigenvalue weighted by molar-refractivity contribution is 6.13. The molecule has 2 N–H and O–H groups in total. The number of hydrogen-bond donors (Lipinski definition) is 2. The number of nitrogens with one attached hydrogen (secondary N) is 2. The molecule has 1 fully saturated rings. The van der Waals surface area contributed by atoms with Gasteiger partial charge in [0.15, 0.2) is 11.5 Å². The fourth-order valence-corrected chi connectivity index (χ4v) is 2.85. The fourth-order valence-electron chi connectivity index (χ4n) is 2.85. The van der Waals surface area contributed by atoms with E-state index in [4.69, 9.17) is 9.47 Å². The van der Waals surface area contributed by atoms with E-state index in [9.17, 15) is 9.59 Å². The first-order valence-corrected chi connectivity index (χ1v) is 7.59. The third kappa shape index (κ3) is 2.53. The van der Waals surface area contributed by atoms with Crippen LogP contribution in [0.25, 0.3) is 0 Å². The molecule has 1 saturated heterocycles. The molecular weight excluding hydrogens is 314 g/mol. The Labute approximate surface area is 137 Å². The van der Waals surface area contributed by atoms with Gasteiger partial charge in [0, 0.05) is 18.3 Å². The number of hydrogen-bond acceptors (Lipinski definition) is 6. The van der Waals surface area contributed by atoms with E-state index in [2.05, 4.69) is 20.5 Å². The van der Waals surface area contributed by atoms with Crippen molar-refractivity contribution in [3.63, 3.8) is 0 Å². The number of fused-ring (bicyclic) bond motifs is 1. The molecule has 2 aromatic rings. The van der Waals surface area contributed by atoms with E-state index in [-0.39, 0.29) is 11.9 Å².